The van der Waals surface area contributed by atoms with Crippen molar-refractivity contribution in [3.8, 4) is 0 Å². The van der Waals surface area contributed by atoms with Crippen LogP contribution >= 0.6 is 0 Å². The first-order valence-corrected chi connectivity index (χ1v) is 14.1. The number of carboxylic acid groups (broad SMARTS) is 1. The summed E-state index contributed by atoms with van der Waals surface area (Å²) >= 11 is 0. The van der Waals surface area contributed by atoms with Crippen LogP contribution in [0, 0.1) is 56.7 Å². The van der Waals surface area contributed by atoms with E-state index >= 15 is 0 Å². The van der Waals surface area contributed by atoms with Crippen LogP contribution in [-0.4, -0.2) is 40.1 Å². The fourth-order valence-electron chi connectivity index (χ4n) is 11.0. The van der Waals surface area contributed by atoms with Crippen molar-refractivity contribution in [3.05, 3.63) is 11.6 Å². The molecule has 5 rings (SSSR count). The SMILES string of the molecule is C[C@@H]1CC[C@]2(C(=O)[O-])CC[C@]3(C)C(=CCC4[C@@]5(C)C[C@@H](O)[C@H](O)[C@@](C)(CO)C5CC[C@]43C)C2[C@H]1C.[K+]. The Hall–Kier alpha value is 0.726. The van der Waals surface area contributed by atoms with Gasteiger partial charge in [-0.25, -0.2) is 0 Å². The number of carbonyl (C=O) groups excluding carboxylic acids is 1. The smallest absolute Gasteiger partial charge is 0.550 e. The van der Waals surface area contributed by atoms with E-state index in [-0.39, 0.29) is 86.1 Å². The van der Waals surface area contributed by atoms with Gasteiger partial charge >= 0.3 is 51.4 Å². The van der Waals surface area contributed by atoms with Crippen LogP contribution in [0.25, 0.3) is 0 Å². The summed E-state index contributed by atoms with van der Waals surface area (Å²) in [5, 5.41) is 45.0. The van der Waals surface area contributed by atoms with Crippen LogP contribution in [0.15, 0.2) is 11.6 Å². The summed E-state index contributed by atoms with van der Waals surface area (Å²) in [5.41, 5.74) is -0.434. The van der Waals surface area contributed by atoms with Crippen molar-refractivity contribution in [2.75, 3.05) is 6.61 Å². The molecule has 12 atom stereocenters. The summed E-state index contributed by atoms with van der Waals surface area (Å²) < 4.78 is 0. The number of aliphatic hydroxyl groups is 3. The minimum atomic E-state index is -0.914. The standard InChI is InChI=1S/C30H48O5.K/c1-17-9-12-30(25(34)35)14-13-28(5)19(23(30)18(17)2)7-8-22-26(3)15-20(32)24(33)27(4,16-31)21(26)10-11-29(22,28)6;/h7,17-18,20-24,31-33H,8-16H2,1-6H3,(H,34,35);/q;+1/p-1/t17-,18+,20-,21?,22?,23?,24+,26+,27+,28-,29-,30+;/m1./s1. The number of hydrogen-bond donors (Lipinski definition) is 3. The van der Waals surface area contributed by atoms with Crippen molar-refractivity contribution in [2.24, 2.45) is 56.7 Å². The topological polar surface area (TPSA) is 101 Å². The third-order valence-corrected chi connectivity index (χ3v) is 13.5. The van der Waals surface area contributed by atoms with E-state index in [1.54, 1.807) is 0 Å². The van der Waals surface area contributed by atoms with E-state index in [2.05, 4.69) is 40.7 Å². The van der Waals surface area contributed by atoms with E-state index in [0.717, 1.165) is 38.5 Å². The van der Waals surface area contributed by atoms with Crippen LogP contribution < -0.4 is 56.5 Å². The van der Waals surface area contributed by atoms with Crippen molar-refractivity contribution < 1.29 is 76.6 Å². The molecule has 0 saturated heterocycles. The number of allylic oxidation sites excluding steroid dienone is 2. The number of aliphatic carboxylic acids is 1. The molecule has 5 nitrogen and oxygen atoms in total. The van der Waals surface area contributed by atoms with Gasteiger partial charge < -0.3 is 25.2 Å². The summed E-state index contributed by atoms with van der Waals surface area (Å²) in [6.07, 6.45) is 7.20. The molecule has 36 heavy (non-hydrogen) atoms. The van der Waals surface area contributed by atoms with Crippen molar-refractivity contribution in [3.63, 3.8) is 0 Å². The summed E-state index contributed by atoms with van der Waals surface area (Å²) in [6, 6.07) is 0. The fraction of sp³-hybridized carbons (Fsp3) is 0.900. The molecule has 0 heterocycles. The first-order valence-electron chi connectivity index (χ1n) is 14.1. The second-order valence-corrected chi connectivity index (χ2v) is 14.5. The Morgan fingerprint density at radius 1 is 1.03 bits per heavy atom. The van der Waals surface area contributed by atoms with Gasteiger partial charge in [0.2, 0.25) is 0 Å². The van der Waals surface area contributed by atoms with Gasteiger partial charge in [-0.1, -0.05) is 53.2 Å². The van der Waals surface area contributed by atoms with Crippen LogP contribution in [0.3, 0.4) is 0 Å². The quantitative estimate of drug-likeness (QED) is 0.363. The number of carboxylic acids is 1. The molecule has 5 aliphatic carbocycles. The molecule has 0 aromatic carbocycles. The first-order chi connectivity index (χ1) is 16.2. The zero-order chi connectivity index (χ0) is 25.8. The minimum absolute atomic E-state index is 0. The molecular weight excluding hydrogens is 479 g/mol. The third kappa shape index (κ3) is 3.53. The van der Waals surface area contributed by atoms with Crippen molar-refractivity contribution >= 4 is 5.97 Å². The second-order valence-electron chi connectivity index (χ2n) is 14.5. The predicted molar refractivity (Wildman–Crippen MR) is 133 cm³/mol. The summed E-state index contributed by atoms with van der Waals surface area (Å²) in [7, 11) is 0. The number of fused-ring (bicyclic) bond motifs is 7. The van der Waals surface area contributed by atoms with Gasteiger partial charge in [-0.3, -0.25) is 0 Å². The number of rotatable bonds is 2. The summed E-state index contributed by atoms with van der Waals surface area (Å²) in [5.74, 6) is 0.422. The minimum Gasteiger partial charge on any atom is -0.550 e. The molecule has 0 aliphatic heterocycles. The average molecular weight is 527 g/mol. The van der Waals surface area contributed by atoms with Crippen molar-refractivity contribution in [1.82, 2.24) is 0 Å². The third-order valence-electron chi connectivity index (χ3n) is 13.5. The zero-order valence-electron chi connectivity index (χ0n) is 23.6. The molecule has 3 N–H and O–H groups in total. The molecular formula is C30H47KO5. The average Bonchev–Trinajstić information content (AvgIpc) is 2.80. The van der Waals surface area contributed by atoms with Crippen LogP contribution in [0.2, 0.25) is 0 Å². The first kappa shape index (κ1) is 29.7. The van der Waals surface area contributed by atoms with Crippen LogP contribution in [0.4, 0.5) is 0 Å². The van der Waals surface area contributed by atoms with Gasteiger partial charge in [-0.05, 0) is 97.2 Å². The van der Waals surface area contributed by atoms with E-state index in [0.29, 0.717) is 30.6 Å². The Morgan fingerprint density at radius 3 is 2.31 bits per heavy atom. The molecule has 0 radical (unpaired) electrons. The maximum Gasteiger partial charge on any atom is 1.00 e. The monoisotopic (exact) mass is 526 g/mol. The van der Waals surface area contributed by atoms with Gasteiger partial charge in [-0.2, -0.15) is 0 Å². The molecule has 0 amide bonds. The van der Waals surface area contributed by atoms with E-state index < -0.39 is 29.0 Å². The van der Waals surface area contributed by atoms with Crippen molar-refractivity contribution in [1.29, 1.82) is 0 Å². The van der Waals surface area contributed by atoms with Crippen LogP contribution in [0.5, 0.6) is 0 Å². The molecule has 0 bridgehead atoms. The molecule has 6 heteroatoms. The molecule has 198 valence electrons. The van der Waals surface area contributed by atoms with Gasteiger partial charge in [-0.15, -0.1) is 0 Å². The molecule has 0 aromatic heterocycles. The predicted octanol–water partition coefficient (Wildman–Crippen LogP) is 0.702. The zero-order valence-corrected chi connectivity index (χ0v) is 26.8. The maximum atomic E-state index is 12.7. The van der Waals surface area contributed by atoms with E-state index in [4.69, 9.17) is 0 Å². The Bertz CT molecular complexity index is 936. The van der Waals surface area contributed by atoms with Crippen molar-refractivity contribution in [2.45, 2.75) is 105 Å². The maximum absolute atomic E-state index is 12.7. The second kappa shape index (κ2) is 9.39. The van der Waals surface area contributed by atoms with Gasteiger partial charge in [0, 0.05) is 16.8 Å². The number of hydrogen-bond acceptors (Lipinski definition) is 5. The molecule has 3 unspecified atom stereocenters. The Morgan fingerprint density at radius 2 is 1.69 bits per heavy atom. The normalized spacial score (nSPS) is 56.1. The van der Waals surface area contributed by atoms with Crippen LogP contribution in [-0.2, 0) is 4.79 Å². The number of carbonyl (C=O) groups is 1. The van der Waals surface area contributed by atoms with Gasteiger partial charge in [0.15, 0.2) is 0 Å². The summed E-state index contributed by atoms with van der Waals surface area (Å²) in [4.78, 5) is 12.7. The fourth-order valence-corrected chi connectivity index (χ4v) is 11.0. The summed E-state index contributed by atoms with van der Waals surface area (Å²) in [6.45, 7) is 13.5. The Balaban J connectivity index is 0.00000304. The van der Waals surface area contributed by atoms with E-state index in [1.807, 2.05) is 6.92 Å². The largest absolute Gasteiger partial charge is 1.00 e. The van der Waals surface area contributed by atoms with E-state index in [1.165, 1.54) is 5.57 Å². The molecule has 5 aliphatic rings. The number of aliphatic hydroxyl groups excluding tert-OH is 3. The molecule has 4 fully saturated rings. The molecule has 0 aromatic rings. The van der Waals surface area contributed by atoms with E-state index in [9.17, 15) is 25.2 Å². The Kier molecular flexibility index (Phi) is 7.75. The molecule has 0 spiro atoms. The van der Waals surface area contributed by atoms with Gasteiger partial charge in [0.25, 0.3) is 0 Å². The Labute approximate surface area is 260 Å². The van der Waals surface area contributed by atoms with Gasteiger partial charge in [0.1, 0.15) is 0 Å². The van der Waals surface area contributed by atoms with Gasteiger partial charge in [0.05, 0.1) is 18.8 Å². The molecule has 4 saturated carbocycles. The van der Waals surface area contributed by atoms with Crippen LogP contribution in [0.1, 0.15) is 92.9 Å².